The van der Waals surface area contributed by atoms with Crippen LogP contribution < -0.4 is 22.1 Å². The van der Waals surface area contributed by atoms with E-state index in [0.717, 1.165) is 22.0 Å². The van der Waals surface area contributed by atoms with Crippen molar-refractivity contribution in [3.05, 3.63) is 46.4 Å². The molecule has 3 aromatic rings. The second-order valence-corrected chi connectivity index (χ2v) is 6.83. The van der Waals surface area contributed by atoms with E-state index in [2.05, 4.69) is 20.6 Å². The summed E-state index contributed by atoms with van der Waals surface area (Å²) in [4.78, 5) is 21.3. The molecule has 0 bridgehead atoms. The number of carbonyl (C=O) groups is 1. The molecule has 26 heavy (non-hydrogen) atoms. The Labute approximate surface area is 158 Å². The molecule has 0 aliphatic rings. The molecule has 6 N–H and O–H groups in total. The molecule has 2 aromatic heterocycles. The van der Waals surface area contributed by atoms with E-state index in [1.165, 1.54) is 6.26 Å². The maximum atomic E-state index is 12.2. The minimum Gasteiger partial charge on any atom is -0.431 e. The summed E-state index contributed by atoms with van der Waals surface area (Å²) >= 11 is 7.75. The lowest BCUT2D eigenvalue weighted by atomic mass is 10.2. The molecule has 8 nitrogen and oxygen atoms in total. The molecular weight excluding hydrogens is 376 g/mol. The first kappa shape index (κ1) is 18.3. The van der Waals surface area contributed by atoms with Crippen LogP contribution in [-0.2, 0) is 6.54 Å². The molecule has 1 aromatic carbocycles. The Morgan fingerprint density at radius 2 is 2.23 bits per heavy atom. The highest BCUT2D eigenvalue weighted by Gasteiger charge is 2.14. The molecule has 10 heteroatoms. The molecular formula is C16H17ClN6O2S. The van der Waals surface area contributed by atoms with Crippen molar-refractivity contribution in [1.82, 2.24) is 15.3 Å². The number of rotatable bonds is 7. The molecule has 0 atom stereocenters. The zero-order valence-electron chi connectivity index (χ0n) is 13.7. The van der Waals surface area contributed by atoms with Crippen LogP contribution in [0.15, 0.2) is 35.1 Å². The van der Waals surface area contributed by atoms with E-state index in [9.17, 15) is 4.79 Å². The number of nitrogens with one attached hydrogen (secondary N) is 2. The molecule has 0 radical (unpaired) electrons. The van der Waals surface area contributed by atoms with Crippen LogP contribution in [0, 0.1) is 0 Å². The summed E-state index contributed by atoms with van der Waals surface area (Å²) in [5.41, 5.74) is 12.3. The van der Waals surface area contributed by atoms with Gasteiger partial charge in [0.25, 0.3) is 11.9 Å². The van der Waals surface area contributed by atoms with E-state index in [1.807, 2.05) is 6.07 Å². The Kier molecular flexibility index (Phi) is 5.84. The first-order valence-electron chi connectivity index (χ1n) is 7.74. The Balaban J connectivity index is 1.76. The standard InChI is InChI=1S/C16H17ClN6O2S/c17-10-2-1-9(13-6-21-14(26-13)7-20-4-3-18)5-11(10)22-15(24)12-8-25-16(19)23-12/h1-2,5-6,8,20H,3-4,7,18H2,(H2,19,23)(H,22,24). The Morgan fingerprint density at radius 1 is 1.38 bits per heavy atom. The topological polar surface area (TPSA) is 132 Å². The van der Waals surface area contributed by atoms with Crippen LogP contribution in [-0.4, -0.2) is 29.0 Å². The predicted octanol–water partition coefficient (Wildman–Crippen LogP) is 2.33. The number of halogens is 1. The molecule has 1 amide bonds. The fourth-order valence-electron chi connectivity index (χ4n) is 2.18. The molecule has 0 spiro atoms. The monoisotopic (exact) mass is 392 g/mol. The van der Waals surface area contributed by atoms with Crippen molar-refractivity contribution in [1.29, 1.82) is 0 Å². The number of nitrogens with zero attached hydrogens (tertiary/aromatic N) is 2. The summed E-state index contributed by atoms with van der Waals surface area (Å²) in [6.07, 6.45) is 2.98. The van der Waals surface area contributed by atoms with Gasteiger partial charge in [0.1, 0.15) is 11.3 Å². The molecule has 3 rings (SSSR count). The number of nitrogens with two attached hydrogens (primary N) is 2. The number of oxazole rings is 1. The molecule has 2 heterocycles. The number of hydrogen-bond donors (Lipinski definition) is 4. The van der Waals surface area contributed by atoms with E-state index in [1.54, 1.807) is 29.7 Å². The van der Waals surface area contributed by atoms with Gasteiger partial charge in [-0.15, -0.1) is 11.3 Å². The van der Waals surface area contributed by atoms with Crippen LogP contribution in [0.25, 0.3) is 10.4 Å². The average Bonchev–Trinajstić information content (AvgIpc) is 3.26. The fourth-order valence-corrected chi connectivity index (χ4v) is 3.22. The second-order valence-electron chi connectivity index (χ2n) is 5.30. The van der Waals surface area contributed by atoms with E-state index in [0.29, 0.717) is 23.8 Å². The van der Waals surface area contributed by atoms with Crippen LogP contribution in [0.5, 0.6) is 0 Å². The van der Waals surface area contributed by atoms with Crippen LogP contribution in [0.2, 0.25) is 5.02 Å². The average molecular weight is 393 g/mol. The highest BCUT2D eigenvalue weighted by Crippen LogP contribution is 2.32. The van der Waals surface area contributed by atoms with Gasteiger partial charge in [0, 0.05) is 25.8 Å². The number of aromatic nitrogens is 2. The van der Waals surface area contributed by atoms with Gasteiger partial charge in [0.2, 0.25) is 0 Å². The summed E-state index contributed by atoms with van der Waals surface area (Å²) in [6.45, 7) is 1.97. The number of thiazole rings is 1. The van der Waals surface area contributed by atoms with E-state index < -0.39 is 5.91 Å². The summed E-state index contributed by atoms with van der Waals surface area (Å²) in [7, 11) is 0. The summed E-state index contributed by atoms with van der Waals surface area (Å²) in [5, 5.41) is 7.27. The molecule has 0 aliphatic heterocycles. The first-order valence-corrected chi connectivity index (χ1v) is 8.94. The van der Waals surface area contributed by atoms with Crippen molar-refractivity contribution in [3.63, 3.8) is 0 Å². The van der Waals surface area contributed by atoms with Gasteiger partial charge >= 0.3 is 0 Å². The predicted molar refractivity (Wildman–Crippen MR) is 102 cm³/mol. The number of benzene rings is 1. The number of nitrogen functional groups attached to an aromatic ring is 1. The Hall–Kier alpha value is -2.46. The fraction of sp³-hybridized carbons (Fsp3) is 0.188. The van der Waals surface area contributed by atoms with Crippen LogP contribution >= 0.6 is 22.9 Å². The lowest BCUT2D eigenvalue weighted by Gasteiger charge is -2.07. The number of hydrogen-bond acceptors (Lipinski definition) is 8. The van der Waals surface area contributed by atoms with Crippen molar-refractivity contribution >= 4 is 40.5 Å². The first-order chi connectivity index (χ1) is 12.6. The van der Waals surface area contributed by atoms with Crippen molar-refractivity contribution in [3.8, 4) is 10.4 Å². The maximum absolute atomic E-state index is 12.2. The van der Waals surface area contributed by atoms with Gasteiger partial charge in [-0.05, 0) is 17.7 Å². The zero-order valence-corrected chi connectivity index (χ0v) is 15.2. The van der Waals surface area contributed by atoms with E-state index in [-0.39, 0.29) is 11.7 Å². The van der Waals surface area contributed by atoms with Gasteiger partial charge in [0.15, 0.2) is 5.69 Å². The normalized spacial score (nSPS) is 10.8. The summed E-state index contributed by atoms with van der Waals surface area (Å²) < 4.78 is 4.84. The van der Waals surface area contributed by atoms with Crippen molar-refractivity contribution < 1.29 is 9.21 Å². The Morgan fingerprint density at radius 3 is 2.96 bits per heavy atom. The van der Waals surface area contributed by atoms with E-state index >= 15 is 0 Å². The van der Waals surface area contributed by atoms with Gasteiger partial charge in [-0.3, -0.25) is 4.79 Å². The number of carbonyl (C=O) groups excluding carboxylic acids is 1. The van der Waals surface area contributed by atoms with Crippen LogP contribution in [0.4, 0.5) is 11.7 Å². The zero-order chi connectivity index (χ0) is 18.5. The summed E-state index contributed by atoms with van der Waals surface area (Å²) in [5.74, 6) is -0.458. The molecule has 0 unspecified atom stereocenters. The molecule has 0 saturated carbocycles. The highest BCUT2D eigenvalue weighted by atomic mass is 35.5. The minimum absolute atomic E-state index is 0.0737. The highest BCUT2D eigenvalue weighted by molar-refractivity contribution is 7.15. The SMILES string of the molecule is NCCNCc1ncc(-c2ccc(Cl)c(NC(=O)c3coc(N)n3)c2)s1. The van der Waals surface area contributed by atoms with Crippen molar-refractivity contribution in [2.45, 2.75) is 6.54 Å². The van der Waals surface area contributed by atoms with Gasteiger partial charge in [-0.25, -0.2) is 4.98 Å². The van der Waals surface area contributed by atoms with E-state index in [4.69, 9.17) is 27.5 Å². The third kappa shape index (κ3) is 4.38. The third-order valence-electron chi connectivity index (χ3n) is 3.40. The largest absolute Gasteiger partial charge is 0.431 e. The van der Waals surface area contributed by atoms with Gasteiger partial charge in [-0.2, -0.15) is 4.98 Å². The molecule has 136 valence electrons. The number of anilines is 2. The lowest BCUT2D eigenvalue weighted by molar-refractivity contribution is 0.102. The van der Waals surface area contributed by atoms with Crippen LogP contribution in [0.1, 0.15) is 15.5 Å². The van der Waals surface area contributed by atoms with Gasteiger partial charge in [0.05, 0.1) is 15.6 Å². The molecule has 0 fully saturated rings. The lowest BCUT2D eigenvalue weighted by Crippen LogP contribution is -2.21. The third-order valence-corrected chi connectivity index (χ3v) is 4.78. The van der Waals surface area contributed by atoms with Crippen molar-refractivity contribution in [2.24, 2.45) is 5.73 Å². The maximum Gasteiger partial charge on any atom is 0.292 e. The smallest absolute Gasteiger partial charge is 0.292 e. The molecule has 0 saturated heterocycles. The summed E-state index contributed by atoms with van der Waals surface area (Å²) in [6, 6.07) is 5.30. The van der Waals surface area contributed by atoms with Gasteiger partial charge < -0.3 is 26.5 Å². The minimum atomic E-state index is -0.458. The second kappa shape index (κ2) is 8.28. The quantitative estimate of drug-likeness (QED) is 0.453. The number of amides is 1. The molecule has 0 aliphatic carbocycles. The van der Waals surface area contributed by atoms with Crippen LogP contribution in [0.3, 0.4) is 0 Å². The van der Waals surface area contributed by atoms with Crippen molar-refractivity contribution in [2.75, 3.05) is 24.1 Å². The Bertz CT molecular complexity index is 910. The van der Waals surface area contributed by atoms with Gasteiger partial charge in [-0.1, -0.05) is 17.7 Å².